The van der Waals surface area contributed by atoms with Gasteiger partial charge in [0.15, 0.2) is 0 Å². The van der Waals surface area contributed by atoms with Crippen LogP contribution in [-0.4, -0.2) is 35.3 Å². The predicted molar refractivity (Wildman–Crippen MR) is 80.7 cm³/mol. The van der Waals surface area contributed by atoms with Crippen LogP contribution < -0.4 is 0 Å². The van der Waals surface area contributed by atoms with Gasteiger partial charge in [0.05, 0.1) is 0 Å². The van der Waals surface area contributed by atoms with Crippen molar-refractivity contribution in [3.63, 3.8) is 0 Å². The molecule has 2 heteroatoms. The molecule has 0 heterocycles. The number of thiol groups is 1. The van der Waals surface area contributed by atoms with Crippen LogP contribution in [0.5, 0.6) is 0 Å². The first-order valence-corrected chi connectivity index (χ1v) is 7.66. The van der Waals surface area contributed by atoms with E-state index in [-0.39, 0.29) is 29.6 Å². The summed E-state index contributed by atoms with van der Waals surface area (Å²) in [5.41, 5.74) is 0. The SMILES string of the molecule is CCCCCCCCCCCCCCS.[Na]. The maximum Gasteiger partial charge on any atom is 0 e. The molecule has 0 nitrogen and oxygen atoms in total. The van der Waals surface area contributed by atoms with Crippen molar-refractivity contribution in [2.45, 2.75) is 84.0 Å². The summed E-state index contributed by atoms with van der Waals surface area (Å²) in [4.78, 5) is 0. The zero-order valence-corrected chi connectivity index (χ0v) is 14.5. The number of rotatable bonds is 12. The summed E-state index contributed by atoms with van der Waals surface area (Å²) < 4.78 is 0. The quantitative estimate of drug-likeness (QED) is 0.274. The zero-order valence-electron chi connectivity index (χ0n) is 11.6. The molecule has 0 fully saturated rings. The van der Waals surface area contributed by atoms with Crippen molar-refractivity contribution in [2.24, 2.45) is 0 Å². The summed E-state index contributed by atoms with van der Waals surface area (Å²) in [6.07, 6.45) is 17.2. The number of hydrogen-bond acceptors (Lipinski definition) is 1. The molecule has 0 atom stereocenters. The van der Waals surface area contributed by atoms with E-state index in [9.17, 15) is 0 Å². The molecule has 0 rings (SSSR count). The van der Waals surface area contributed by atoms with E-state index in [0.717, 1.165) is 5.75 Å². The van der Waals surface area contributed by atoms with E-state index in [4.69, 9.17) is 0 Å². The van der Waals surface area contributed by atoms with Gasteiger partial charge in [0.25, 0.3) is 0 Å². The Bertz CT molecular complexity index is 94.9. The van der Waals surface area contributed by atoms with Crippen LogP contribution in [0, 0.1) is 0 Å². The summed E-state index contributed by atoms with van der Waals surface area (Å²) in [5, 5.41) is 0. The van der Waals surface area contributed by atoms with E-state index >= 15 is 0 Å². The van der Waals surface area contributed by atoms with Gasteiger partial charge in [-0.25, -0.2) is 0 Å². The second-order valence-corrected chi connectivity index (χ2v) is 5.06. The van der Waals surface area contributed by atoms with Crippen LogP contribution in [0.25, 0.3) is 0 Å². The Morgan fingerprint density at radius 2 is 0.875 bits per heavy atom. The Hall–Kier alpha value is 1.35. The third-order valence-corrected chi connectivity index (χ3v) is 3.33. The fraction of sp³-hybridized carbons (Fsp3) is 1.00. The summed E-state index contributed by atoms with van der Waals surface area (Å²) in [5.74, 6) is 1.07. The topological polar surface area (TPSA) is 0 Å². The average molecular weight is 253 g/mol. The molecule has 1 radical (unpaired) electrons. The molecule has 0 aliphatic carbocycles. The maximum atomic E-state index is 4.22. The normalized spacial score (nSPS) is 10.1. The second-order valence-electron chi connectivity index (χ2n) is 4.61. The van der Waals surface area contributed by atoms with Crippen LogP contribution >= 0.6 is 12.6 Å². The molecule has 0 aliphatic rings. The molecule has 0 aromatic carbocycles. The van der Waals surface area contributed by atoms with Gasteiger partial charge in [-0.1, -0.05) is 77.6 Å². The Morgan fingerprint density at radius 3 is 1.19 bits per heavy atom. The molecule has 0 saturated heterocycles. The molecule has 0 unspecified atom stereocenters. The zero-order chi connectivity index (χ0) is 11.2. The summed E-state index contributed by atoms with van der Waals surface area (Å²) >= 11 is 4.22. The molecule has 0 aromatic heterocycles. The molecule has 0 aromatic rings. The fourth-order valence-corrected chi connectivity index (χ4v) is 2.18. The van der Waals surface area contributed by atoms with Gasteiger partial charge in [0.2, 0.25) is 0 Å². The van der Waals surface area contributed by atoms with Crippen LogP contribution in [0.1, 0.15) is 84.0 Å². The molecule has 16 heavy (non-hydrogen) atoms. The van der Waals surface area contributed by atoms with Crippen LogP contribution in [0.15, 0.2) is 0 Å². The Kier molecular flexibility index (Phi) is 23.0. The van der Waals surface area contributed by atoms with Crippen molar-refractivity contribution < 1.29 is 0 Å². The van der Waals surface area contributed by atoms with Gasteiger partial charge in [-0.2, -0.15) is 12.6 Å². The van der Waals surface area contributed by atoms with Crippen LogP contribution in [0.2, 0.25) is 0 Å². The van der Waals surface area contributed by atoms with Crippen LogP contribution in [0.4, 0.5) is 0 Å². The Balaban J connectivity index is 0. The predicted octanol–water partition coefficient (Wildman–Crippen LogP) is 5.24. The van der Waals surface area contributed by atoms with Crippen LogP contribution in [-0.2, 0) is 0 Å². The maximum absolute atomic E-state index is 4.22. The molecule has 0 saturated carbocycles. The second kappa shape index (κ2) is 18.7. The third kappa shape index (κ3) is 17.7. The Labute approximate surface area is 131 Å². The van der Waals surface area contributed by atoms with Crippen molar-refractivity contribution >= 4 is 42.2 Å². The van der Waals surface area contributed by atoms with E-state index in [1.807, 2.05) is 0 Å². The number of unbranched alkanes of at least 4 members (excludes halogenated alkanes) is 11. The average Bonchev–Trinajstić information content (AvgIpc) is 2.26. The number of hydrogen-bond donors (Lipinski definition) is 1. The largest absolute Gasteiger partial charge is 0.179 e. The van der Waals surface area contributed by atoms with Crippen molar-refractivity contribution in [3.05, 3.63) is 0 Å². The van der Waals surface area contributed by atoms with Gasteiger partial charge in [0.1, 0.15) is 0 Å². The van der Waals surface area contributed by atoms with Gasteiger partial charge in [0, 0.05) is 29.6 Å². The Morgan fingerprint density at radius 1 is 0.562 bits per heavy atom. The fourth-order valence-electron chi connectivity index (χ4n) is 1.95. The first-order valence-electron chi connectivity index (χ1n) is 7.02. The minimum atomic E-state index is 0. The first kappa shape index (κ1) is 19.7. The van der Waals surface area contributed by atoms with E-state index < -0.39 is 0 Å². The van der Waals surface area contributed by atoms with E-state index in [1.54, 1.807) is 0 Å². The summed E-state index contributed by atoms with van der Waals surface area (Å²) in [6, 6.07) is 0. The van der Waals surface area contributed by atoms with E-state index in [1.165, 1.54) is 77.0 Å². The molecular formula is C14H30NaS. The minimum Gasteiger partial charge on any atom is -0.179 e. The summed E-state index contributed by atoms with van der Waals surface area (Å²) in [7, 11) is 0. The molecule has 0 aliphatic heterocycles. The van der Waals surface area contributed by atoms with E-state index in [2.05, 4.69) is 19.6 Å². The van der Waals surface area contributed by atoms with E-state index in [0.29, 0.717) is 0 Å². The third-order valence-electron chi connectivity index (χ3n) is 3.01. The van der Waals surface area contributed by atoms with Crippen LogP contribution in [0.3, 0.4) is 0 Å². The first-order chi connectivity index (χ1) is 7.41. The minimum absolute atomic E-state index is 0. The molecule has 0 bridgehead atoms. The monoisotopic (exact) mass is 253 g/mol. The molecule has 93 valence electrons. The molecular weight excluding hydrogens is 223 g/mol. The van der Waals surface area contributed by atoms with Crippen molar-refractivity contribution in [2.75, 3.05) is 5.75 Å². The van der Waals surface area contributed by atoms with Gasteiger partial charge >= 0.3 is 0 Å². The smallest absolute Gasteiger partial charge is 0 e. The van der Waals surface area contributed by atoms with Gasteiger partial charge in [-0.05, 0) is 12.2 Å². The molecule has 0 amide bonds. The van der Waals surface area contributed by atoms with Gasteiger partial charge in [-0.15, -0.1) is 0 Å². The summed E-state index contributed by atoms with van der Waals surface area (Å²) in [6.45, 7) is 2.28. The van der Waals surface area contributed by atoms with Crippen molar-refractivity contribution in [1.82, 2.24) is 0 Å². The molecule has 0 spiro atoms. The van der Waals surface area contributed by atoms with Crippen molar-refractivity contribution in [3.8, 4) is 0 Å². The molecule has 0 N–H and O–H groups in total. The van der Waals surface area contributed by atoms with Gasteiger partial charge < -0.3 is 0 Å². The van der Waals surface area contributed by atoms with Gasteiger partial charge in [-0.3, -0.25) is 0 Å². The standard InChI is InChI=1S/C14H30S.Na/c1-2-3-4-5-6-7-8-9-10-11-12-13-14-15;/h15H,2-14H2,1H3;. The van der Waals surface area contributed by atoms with Crippen molar-refractivity contribution in [1.29, 1.82) is 0 Å².